The lowest BCUT2D eigenvalue weighted by molar-refractivity contribution is -0.136. The van der Waals surface area contributed by atoms with Crippen molar-refractivity contribution in [1.29, 1.82) is 0 Å². The zero-order valence-electron chi connectivity index (χ0n) is 11.6. The van der Waals surface area contributed by atoms with Crippen LogP contribution >= 0.6 is 0 Å². The van der Waals surface area contributed by atoms with E-state index in [2.05, 4.69) is 0 Å². The van der Waals surface area contributed by atoms with Gasteiger partial charge in [-0.15, -0.1) is 0 Å². The molecule has 0 radical (unpaired) electrons. The summed E-state index contributed by atoms with van der Waals surface area (Å²) in [5.41, 5.74) is 6.32. The molecule has 0 aromatic heterocycles. The summed E-state index contributed by atoms with van der Waals surface area (Å²) >= 11 is 0. The standard InChI is InChI=1S/C15H18N2O4/c16-15(20)10-3-4-11-7-17(13(18)5-9-1-2-9)8-14(19)21-12(11)6-10/h3-4,6,9,14,19H,1-2,5,7-8H2,(H2,16,20). The maximum absolute atomic E-state index is 12.2. The molecule has 1 aliphatic heterocycles. The highest BCUT2D eigenvalue weighted by Gasteiger charge is 2.30. The molecule has 1 aromatic carbocycles. The number of nitrogens with zero attached hydrogens (tertiary/aromatic N) is 1. The minimum absolute atomic E-state index is 0.0342. The van der Waals surface area contributed by atoms with Crippen LogP contribution < -0.4 is 10.5 Å². The molecule has 1 aliphatic carbocycles. The summed E-state index contributed by atoms with van der Waals surface area (Å²) in [4.78, 5) is 25.0. The van der Waals surface area contributed by atoms with E-state index in [4.69, 9.17) is 10.5 Å². The number of primary amides is 1. The molecule has 1 aromatic rings. The van der Waals surface area contributed by atoms with Crippen LogP contribution in [0.15, 0.2) is 18.2 Å². The van der Waals surface area contributed by atoms with Gasteiger partial charge in [-0.25, -0.2) is 0 Å². The van der Waals surface area contributed by atoms with E-state index in [0.717, 1.165) is 18.4 Å². The first kappa shape index (κ1) is 13.9. The quantitative estimate of drug-likeness (QED) is 0.853. The van der Waals surface area contributed by atoms with Crippen LogP contribution in [0, 0.1) is 5.92 Å². The molecular weight excluding hydrogens is 272 g/mol. The highest BCUT2D eigenvalue weighted by atomic mass is 16.6. The van der Waals surface area contributed by atoms with Crippen molar-refractivity contribution in [1.82, 2.24) is 4.90 Å². The van der Waals surface area contributed by atoms with Gasteiger partial charge in [-0.1, -0.05) is 6.07 Å². The highest BCUT2D eigenvalue weighted by Crippen LogP contribution is 2.34. The van der Waals surface area contributed by atoms with Gasteiger partial charge < -0.3 is 20.5 Å². The summed E-state index contributed by atoms with van der Waals surface area (Å²) in [6, 6.07) is 4.83. The number of rotatable bonds is 3. The van der Waals surface area contributed by atoms with Crippen molar-refractivity contribution in [2.75, 3.05) is 6.54 Å². The number of carbonyl (C=O) groups is 2. The molecule has 112 valence electrons. The van der Waals surface area contributed by atoms with Gasteiger partial charge in [0.2, 0.25) is 18.1 Å². The molecule has 1 fully saturated rings. The summed E-state index contributed by atoms with van der Waals surface area (Å²) in [5.74, 6) is 0.379. The first-order chi connectivity index (χ1) is 10.0. The van der Waals surface area contributed by atoms with Crippen LogP contribution in [0.25, 0.3) is 0 Å². The summed E-state index contributed by atoms with van der Waals surface area (Å²) in [6.45, 7) is 0.503. The lowest BCUT2D eigenvalue weighted by Gasteiger charge is -2.21. The Morgan fingerprint density at radius 2 is 2.14 bits per heavy atom. The SMILES string of the molecule is NC(=O)c1ccc2c(c1)OC(O)CN(C(=O)CC1CC1)C2. The smallest absolute Gasteiger partial charge is 0.248 e. The largest absolute Gasteiger partial charge is 0.463 e. The molecule has 0 saturated heterocycles. The number of nitrogens with two attached hydrogens (primary N) is 1. The monoisotopic (exact) mass is 290 g/mol. The van der Waals surface area contributed by atoms with Crippen LogP contribution in [0.3, 0.4) is 0 Å². The van der Waals surface area contributed by atoms with Gasteiger partial charge in [0.1, 0.15) is 5.75 Å². The molecule has 1 saturated carbocycles. The number of β-amino-alcohol motifs (C(OH)–C–C–N with tert-alkyl or cyclic N) is 1. The van der Waals surface area contributed by atoms with Crippen molar-refractivity contribution in [2.24, 2.45) is 11.7 Å². The van der Waals surface area contributed by atoms with Crippen LogP contribution in [-0.4, -0.2) is 34.7 Å². The molecule has 3 N–H and O–H groups in total. The number of aliphatic hydroxyl groups excluding tert-OH is 1. The molecule has 21 heavy (non-hydrogen) atoms. The van der Waals surface area contributed by atoms with Gasteiger partial charge in [0.15, 0.2) is 0 Å². The van der Waals surface area contributed by atoms with Crippen molar-refractivity contribution in [3.8, 4) is 5.75 Å². The number of hydrogen-bond donors (Lipinski definition) is 2. The lowest BCUT2D eigenvalue weighted by Crippen LogP contribution is -2.37. The third-order valence-corrected chi connectivity index (χ3v) is 3.87. The van der Waals surface area contributed by atoms with Crippen molar-refractivity contribution < 1.29 is 19.4 Å². The van der Waals surface area contributed by atoms with Crippen molar-refractivity contribution in [3.05, 3.63) is 29.3 Å². The molecule has 0 spiro atoms. The zero-order valence-corrected chi connectivity index (χ0v) is 11.6. The molecular formula is C15H18N2O4. The Balaban J connectivity index is 1.82. The summed E-state index contributed by atoms with van der Waals surface area (Å²) in [6.07, 6.45) is 1.65. The average molecular weight is 290 g/mol. The summed E-state index contributed by atoms with van der Waals surface area (Å²) in [7, 11) is 0. The number of fused-ring (bicyclic) bond motifs is 1. The van der Waals surface area contributed by atoms with Crippen LogP contribution in [0.5, 0.6) is 5.75 Å². The fraction of sp³-hybridized carbons (Fsp3) is 0.467. The number of carbonyl (C=O) groups excluding carboxylic acids is 2. The van der Waals surface area contributed by atoms with Crippen LogP contribution in [0.2, 0.25) is 0 Å². The summed E-state index contributed by atoms with van der Waals surface area (Å²) in [5, 5.41) is 9.90. The van der Waals surface area contributed by atoms with E-state index in [9.17, 15) is 14.7 Å². The van der Waals surface area contributed by atoms with Gasteiger partial charge in [0, 0.05) is 24.1 Å². The normalized spacial score (nSPS) is 21.2. The Labute approximate surface area is 122 Å². The predicted octanol–water partition coefficient (Wildman–Crippen LogP) is 0.625. The number of aliphatic hydroxyl groups is 1. The Morgan fingerprint density at radius 3 is 2.81 bits per heavy atom. The number of ether oxygens (including phenoxy) is 1. The molecule has 0 bridgehead atoms. The first-order valence-electron chi connectivity index (χ1n) is 7.08. The maximum atomic E-state index is 12.2. The molecule has 1 unspecified atom stereocenters. The fourth-order valence-corrected chi connectivity index (χ4v) is 2.48. The fourth-order valence-electron chi connectivity index (χ4n) is 2.48. The van der Waals surface area contributed by atoms with E-state index in [0.29, 0.717) is 30.2 Å². The molecule has 3 rings (SSSR count). The lowest BCUT2D eigenvalue weighted by atomic mass is 10.1. The number of benzene rings is 1. The Bertz CT molecular complexity index is 583. The van der Waals surface area contributed by atoms with E-state index >= 15 is 0 Å². The van der Waals surface area contributed by atoms with E-state index in [-0.39, 0.29) is 12.5 Å². The minimum atomic E-state index is -1.10. The van der Waals surface area contributed by atoms with Crippen molar-refractivity contribution >= 4 is 11.8 Å². The van der Waals surface area contributed by atoms with Gasteiger partial charge in [-0.3, -0.25) is 9.59 Å². The Morgan fingerprint density at radius 1 is 1.38 bits per heavy atom. The van der Waals surface area contributed by atoms with Gasteiger partial charge in [0.05, 0.1) is 6.54 Å². The van der Waals surface area contributed by atoms with E-state index in [1.807, 2.05) is 0 Å². The molecule has 1 heterocycles. The van der Waals surface area contributed by atoms with Crippen molar-refractivity contribution in [3.63, 3.8) is 0 Å². The Hall–Kier alpha value is -2.08. The van der Waals surface area contributed by atoms with Crippen LogP contribution in [0.4, 0.5) is 0 Å². The van der Waals surface area contributed by atoms with Gasteiger partial charge in [-0.2, -0.15) is 0 Å². The van der Waals surface area contributed by atoms with Crippen LogP contribution in [0.1, 0.15) is 35.2 Å². The van der Waals surface area contributed by atoms with Gasteiger partial charge >= 0.3 is 0 Å². The molecule has 6 heteroatoms. The van der Waals surface area contributed by atoms with Crippen molar-refractivity contribution in [2.45, 2.75) is 32.1 Å². The van der Waals surface area contributed by atoms with E-state index < -0.39 is 12.2 Å². The number of hydrogen-bond acceptors (Lipinski definition) is 4. The number of amides is 2. The zero-order chi connectivity index (χ0) is 15.0. The minimum Gasteiger partial charge on any atom is -0.463 e. The topological polar surface area (TPSA) is 92.9 Å². The molecule has 2 aliphatic rings. The van der Waals surface area contributed by atoms with Crippen LogP contribution in [-0.2, 0) is 11.3 Å². The second kappa shape index (κ2) is 5.37. The second-order valence-corrected chi connectivity index (χ2v) is 5.68. The third kappa shape index (κ3) is 3.16. The predicted molar refractivity (Wildman–Crippen MR) is 74.4 cm³/mol. The van der Waals surface area contributed by atoms with Gasteiger partial charge in [-0.05, 0) is 30.9 Å². The molecule has 6 nitrogen and oxygen atoms in total. The summed E-state index contributed by atoms with van der Waals surface area (Å²) < 4.78 is 5.40. The van der Waals surface area contributed by atoms with E-state index in [1.165, 1.54) is 6.07 Å². The Kier molecular flexibility index (Phi) is 3.55. The molecule has 2 amide bonds. The maximum Gasteiger partial charge on any atom is 0.248 e. The first-order valence-corrected chi connectivity index (χ1v) is 7.08. The molecule has 1 atom stereocenters. The highest BCUT2D eigenvalue weighted by molar-refractivity contribution is 5.93. The second-order valence-electron chi connectivity index (χ2n) is 5.68. The third-order valence-electron chi connectivity index (χ3n) is 3.87. The average Bonchev–Trinajstić information content (AvgIpc) is 3.23. The van der Waals surface area contributed by atoms with Gasteiger partial charge in [0.25, 0.3) is 0 Å². The van der Waals surface area contributed by atoms with E-state index in [1.54, 1.807) is 17.0 Å².